The first-order valence-electron chi connectivity index (χ1n) is 12.4. The number of nitrogens with one attached hydrogen (secondary N) is 1. The monoisotopic (exact) mass is 492 g/mol. The molecule has 1 aromatic heterocycles. The number of allylic oxidation sites excluding steroid dienone is 1. The molecule has 0 unspecified atom stereocenters. The molecule has 6 heteroatoms. The molecule has 0 bridgehead atoms. The van der Waals surface area contributed by atoms with Gasteiger partial charge in [-0.05, 0) is 59.4 Å². The normalized spacial score (nSPS) is 18.6. The van der Waals surface area contributed by atoms with Crippen molar-refractivity contribution in [3.8, 4) is 17.2 Å². The molecule has 0 spiro atoms. The molecular formula is C31H28N2O4. The Labute approximate surface area is 215 Å². The van der Waals surface area contributed by atoms with Crippen LogP contribution in [0.15, 0.2) is 78.5 Å². The Bertz CT molecular complexity index is 1520. The molecule has 37 heavy (non-hydrogen) atoms. The maximum atomic E-state index is 14.0. The van der Waals surface area contributed by atoms with Gasteiger partial charge in [-0.1, -0.05) is 36.4 Å². The fraction of sp³-hybridized carbons (Fsp3) is 0.226. The number of anilines is 1. The molecule has 0 radical (unpaired) electrons. The van der Waals surface area contributed by atoms with Crippen LogP contribution in [0.4, 0.5) is 5.69 Å². The van der Waals surface area contributed by atoms with Gasteiger partial charge in [0.05, 0.1) is 32.9 Å². The van der Waals surface area contributed by atoms with Crippen molar-refractivity contribution in [1.82, 2.24) is 4.98 Å². The van der Waals surface area contributed by atoms with Gasteiger partial charge in [-0.2, -0.15) is 0 Å². The van der Waals surface area contributed by atoms with Crippen LogP contribution in [0.2, 0.25) is 0 Å². The number of Topliss-reactive ketones (excluding diaryl/α,β-unsaturated/α-hetero) is 1. The quantitative estimate of drug-likeness (QED) is 0.351. The molecule has 4 aromatic rings. The number of carbonyl (C=O) groups is 1. The smallest absolute Gasteiger partial charge is 0.203 e. The van der Waals surface area contributed by atoms with E-state index in [4.69, 9.17) is 14.2 Å². The molecule has 0 saturated carbocycles. The van der Waals surface area contributed by atoms with Gasteiger partial charge in [0.25, 0.3) is 0 Å². The van der Waals surface area contributed by atoms with Gasteiger partial charge < -0.3 is 19.5 Å². The Balaban J connectivity index is 1.58. The van der Waals surface area contributed by atoms with E-state index < -0.39 is 0 Å². The van der Waals surface area contributed by atoms with Crippen molar-refractivity contribution < 1.29 is 19.0 Å². The molecule has 6 rings (SSSR count). The molecule has 0 amide bonds. The first-order chi connectivity index (χ1) is 18.1. The average molecular weight is 493 g/mol. The van der Waals surface area contributed by atoms with E-state index in [-0.39, 0.29) is 17.7 Å². The van der Waals surface area contributed by atoms with Crippen LogP contribution < -0.4 is 19.5 Å². The molecule has 1 aliphatic heterocycles. The lowest BCUT2D eigenvalue weighted by molar-refractivity contribution is -0.116. The lowest BCUT2D eigenvalue weighted by Gasteiger charge is -2.37. The number of ketones is 1. The highest BCUT2D eigenvalue weighted by molar-refractivity contribution is 6.12. The summed E-state index contributed by atoms with van der Waals surface area (Å²) in [6.45, 7) is 0. The van der Waals surface area contributed by atoms with E-state index in [1.54, 1.807) is 27.5 Å². The summed E-state index contributed by atoms with van der Waals surface area (Å²) in [6.07, 6.45) is 3.04. The number of benzene rings is 3. The first kappa shape index (κ1) is 23.1. The predicted molar refractivity (Wildman–Crippen MR) is 145 cm³/mol. The van der Waals surface area contributed by atoms with Crippen molar-refractivity contribution >= 4 is 27.9 Å². The Hall–Kier alpha value is -4.32. The van der Waals surface area contributed by atoms with Crippen LogP contribution in [0, 0.1) is 0 Å². The summed E-state index contributed by atoms with van der Waals surface area (Å²) in [4.78, 5) is 18.6. The molecule has 3 aromatic carbocycles. The molecular weight excluding hydrogens is 464 g/mol. The zero-order valence-corrected chi connectivity index (χ0v) is 21.1. The second-order valence-corrected chi connectivity index (χ2v) is 9.43. The first-order valence-corrected chi connectivity index (χ1v) is 12.4. The van der Waals surface area contributed by atoms with Crippen molar-refractivity contribution in [2.24, 2.45) is 0 Å². The molecule has 1 N–H and O–H groups in total. The fourth-order valence-corrected chi connectivity index (χ4v) is 5.81. The predicted octanol–water partition coefficient (Wildman–Crippen LogP) is 6.33. The Morgan fingerprint density at radius 1 is 0.838 bits per heavy atom. The molecule has 0 saturated heterocycles. The lowest BCUT2D eigenvalue weighted by atomic mass is 9.71. The summed E-state index contributed by atoms with van der Waals surface area (Å²) in [5.74, 6) is 1.90. The lowest BCUT2D eigenvalue weighted by Crippen LogP contribution is -2.29. The largest absolute Gasteiger partial charge is 0.493 e. The highest BCUT2D eigenvalue weighted by Gasteiger charge is 2.39. The summed E-state index contributed by atoms with van der Waals surface area (Å²) < 4.78 is 16.8. The van der Waals surface area contributed by atoms with Gasteiger partial charge >= 0.3 is 0 Å². The number of carbonyl (C=O) groups excluding carboxylic acids is 1. The van der Waals surface area contributed by atoms with Gasteiger partial charge in [0.15, 0.2) is 17.3 Å². The Morgan fingerprint density at radius 2 is 1.59 bits per heavy atom. The molecule has 2 aliphatic rings. The second kappa shape index (κ2) is 9.28. The number of hydrogen-bond donors (Lipinski definition) is 1. The van der Waals surface area contributed by atoms with Crippen LogP contribution in [0.5, 0.6) is 17.2 Å². The average Bonchev–Trinajstić information content (AvgIpc) is 2.95. The molecule has 0 fully saturated rings. The number of hydrogen-bond acceptors (Lipinski definition) is 6. The fourth-order valence-electron chi connectivity index (χ4n) is 5.81. The number of methoxy groups -OCH3 is 3. The molecule has 1 aliphatic carbocycles. The van der Waals surface area contributed by atoms with Gasteiger partial charge in [-0.15, -0.1) is 0 Å². The van der Waals surface area contributed by atoms with Crippen molar-refractivity contribution in [3.05, 3.63) is 95.2 Å². The number of pyridine rings is 1. The zero-order chi connectivity index (χ0) is 25.5. The molecule has 2 heterocycles. The van der Waals surface area contributed by atoms with Crippen LogP contribution in [0.3, 0.4) is 0 Å². The topological polar surface area (TPSA) is 69.7 Å². The molecule has 6 nitrogen and oxygen atoms in total. The number of fused-ring (bicyclic) bond motifs is 4. The van der Waals surface area contributed by atoms with Gasteiger partial charge in [0.1, 0.15) is 0 Å². The van der Waals surface area contributed by atoms with Gasteiger partial charge in [-0.25, -0.2) is 0 Å². The maximum absolute atomic E-state index is 14.0. The zero-order valence-electron chi connectivity index (χ0n) is 21.1. The van der Waals surface area contributed by atoms with Crippen molar-refractivity contribution in [1.29, 1.82) is 0 Å². The number of nitrogens with zero attached hydrogens (tertiary/aromatic N) is 1. The maximum Gasteiger partial charge on any atom is 0.203 e. The van der Waals surface area contributed by atoms with E-state index in [0.717, 1.165) is 45.3 Å². The van der Waals surface area contributed by atoms with E-state index in [9.17, 15) is 4.79 Å². The third-order valence-corrected chi connectivity index (χ3v) is 7.47. The summed E-state index contributed by atoms with van der Waals surface area (Å²) in [5, 5.41) is 4.72. The Morgan fingerprint density at radius 3 is 2.30 bits per heavy atom. The minimum absolute atomic E-state index is 0.117. The summed E-state index contributed by atoms with van der Waals surface area (Å²) in [6, 6.07) is 22.0. The second-order valence-electron chi connectivity index (χ2n) is 9.43. The van der Waals surface area contributed by atoms with Crippen LogP contribution in [-0.2, 0) is 4.79 Å². The van der Waals surface area contributed by atoms with Crippen LogP contribution in [0.25, 0.3) is 16.5 Å². The minimum Gasteiger partial charge on any atom is -0.493 e. The SMILES string of the molecule is COc1cc([C@@H]2Nc3ccc4ncccc4c3C3=C2C(=O)C[C@H](c2ccccc2)C3)cc(OC)c1OC. The summed E-state index contributed by atoms with van der Waals surface area (Å²) >= 11 is 0. The van der Waals surface area contributed by atoms with Gasteiger partial charge in [0, 0.05) is 34.8 Å². The van der Waals surface area contributed by atoms with E-state index >= 15 is 0 Å². The standard InChI is InChI=1S/C31H28N2O4/c1-35-26-16-20(17-27(36-2)31(26)37-3)30-29-22(14-19(15-25(29)34)18-8-5-4-6-9-18)28-21-10-7-13-32-23(21)11-12-24(28)33-30/h4-13,16-17,19,30,33H,14-15H2,1-3H3/t19-,30+/m1/s1. The molecule has 2 atom stereocenters. The minimum atomic E-state index is -0.352. The summed E-state index contributed by atoms with van der Waals surface area (Å²) in [5.41, 5.74) is 6.91. The Kier molecular flexibility index (Phi) is 5.80. The van der Waals surface area contributed by atoms with E-state index in [1.807, 2.05) is 42.5 Å². The third kappa shape index (κ3) is 3.80. The van der Waals surface area contributed by atoms with Crippen LogP contribution in [0.1, 0.15) is 41.5 Å². The van der Waals surface area contributed by atoms with E-state index in [0.29, 0.717) is 23.7 Å². The number of aromatic nitrogens is 1. The number of rotatable bonds is 5. The summed E-state index contributed by atoms with van der Waals surface area (Å²) in [7, 11) is 4.79. The van der Waals surface area contributed by atoms with Gasteiger partial charge in [-0.3, -0.25) is 9.78 Å². The van der Waals surface area contributed by atoms with Crippen molar-refractivity contribution in [2.75, 3.05) is 26.6 Å². The van der Waals surface area contributed by atoms with Crippen molar-refractivity contribution in [3.63, 3.8) is 0 Å². The van der Waals surface area contributed by atoms with Crippen LogP contribution >= 0.6 is 0 Å². The van der Waals surface area contributed by atoms with E-state index in [2.05, 4.69) is 34.6 Å². The van der Waals surface area contributed by atoms with Crippen molar-refractivity contribution in [2.45, 2.75) is 24.8 Å². The highest BCUT2D eigenvalue weighted by atomic mass is 16.5. The number of ether oxygens (including phenoxy) is 3. The highest BCUT2D eigenvalue weighted by Crippen LogP contribution is 2.52. The van der Waals surface area contributed by atoms with Crippen LogP contribution in [-0.4, -0.2) is 32.1 Å². The molecule has 186 valence electrons. The van der Waals surface area contributed by atoms with Gasteiger partial charge in [0.2, 0.25) is 5.75 Å². The van der Waals surface area contributed by atoms with E-state index in [1.165, 1.54) is 5.56 Å². The third-order valence-electron chi connectivity index (χ3n) is 7.47.